The van der Waals surface area contributed by atoms with Crippen LogP contribution >= 0.6 is 18.5 Å². The van der Waals surface area contributed by atoms with Crippen molar-refractivity contribution in [3.8, 4) is 11.5 Å². The maximum atomic E-state index is 13.8. The maximum absolute atomic E-state index is 13.8. The van der Waals surface area contributed by atoms with Crippen molar-refractivity contribution in [1.29, 1.82) is 0 Å². The second kappa shape index (κ2) is 15.2. The summed E-state index contributed by atoms with van der Waals surface area (Å²) >= 11 is 0. The average Bonchev–Trinajstić information content (AvgIpc) is 3.00. The molecule has 1 unspecified atom stereocenters. The molecule has 0 aliphatic heterocycles. The second-order valence-electron chi connectivity index (χ2n) is 10.1. The molecule has 41 heavy (non-hydrogen) atoms. The van der Waals surface area contributed by atoms with E-state index in [1.54, 1.807) is 29.2 Å². The number of carbonyl (C=O) groups excluding carboxylic acids is 1. The van der Waals surface area contributed by atoms with Crippen LogP contribution in [0.25, 0.3) is 0 Å². The molecule has 1 saturated carbocycles. The highest BCUT2D eigenvalue weighted by atomic mass is 31.2. The lowest BCUT2D eigenvalue weighted by Gasteiger charge is -2.25. The molecule has 5 rings (SSSR count). The molecule has 0 radical (unpaired) electrons. The molecule has 0 saturated heterocycles. The predicted octanol–water partition coefficient (Wildman–Crippen LogP) is 8.16. The number of carbonyl (C=O) groups is 1. The van der Waals surface area contributed by atoms with Gasteiger partial charge < -0.3 is 23.9 Å². The number of nitrogens with zero attached hydrogens (tertiary/aromatic N) is 1. The Morgan fingerprint density at radius 3 is 2.00 bits per heavy atom. The van der Waals surface area contributed by atoms with Crippen LogP contribution in [0.3, 0.4) is 0 Å². The third kappa shape index (κ3) is 8.69. The Kier molecular flexibility index (Phi) is 11.4. The van der Waals surface area contributed by atoms with Gasteiger partial charge in [0, 0.05) is 11.3 Å². The van der Waals surface area contributed by atoms with E-state index in [2.05, 4.69) is 24.3 Å². The molecular formula is C33H37NO5P2. The van der Waals surface area contributed by atoms with Crippen LogP contribution in [0.4, 0.5) is 5.69 Å². The summed E-state index contributed by atoms with van der Waals surface area (Å²) in [7, 11) is -2.42. The van der Waals surface area contributed by atoms with Crippen LogP contribution in [-0.2, 0) is 17.7 Å². The molecule has 4 aromatic rings. The summed E-state index contributed by atoms with van der Waals surface area (Å²) in [5.41, 5.74) is 4.51. The first-order valence-electron chi connectivity index (χ1n) is 13.7. The predicted molar refractivity (Wildman–Crippen MR) is 169 cm³/mol. The average molecular weight is 590 g/mol. The molecule has 4 aromatic carbocycles. The van der Waals surface area contributed by atoms with Gasteiger partial charge in [-0.05, 0) is 84.0 Å². The lowest BCUT2D eigenvalue weighted by Crippen LogP contribution is -2.30. The first-order chi connectivity index (χ1) is 19.5. The molecule has 2 N–H and O–H groups in total. The number of anilines is 1. The molecule has 1 aliphatic rings. The highest BCUT2D eigenvalue weighted by molar-refractivity contribution is 7.39. The summed E-state index contributed by atoms with van der Waals surface area (Å²) in [6, 6.07) is 32.8. The molecule has 1 fully saturated rings. The molecule has 214 valence electrons. The van der Waals surface area contributed by atoms with Crippen molar-refractivity contribution in [3.05, 3.63) is 125 Å². The van der Waals surface area contributed by atoms with Gasteiger partial charge in [-0.1, -0.05) is 73.9 Å². The van der Waals surface area contributed by atoms with Gasteiger partial charge in [-0.3, -0.25) is 4.79 Å². The van der Waals surface area contributed by atoms with Crippen molar-refractivity contribution in [2.24, 2.45) is 0 Å². The normalized spacial score (nSPS) is 13.4. The minimum atomic E-state index is -2.42. The van der Waals surface area contributed by atoms with E-state index >= 15 is 0 Å². The monoisotopic (exact) mass is 589 g/mol. The van der Waals surface area contributed by atoms with Crippen molar-refractivity contribution in [3.63, 3.8) is 0 Å². The number of hydrogen-bond donors (Lipinski definition) is 2. The fourth-order valence-electron chi connectivity index (χ4n) is 5.14. The number of hydrogen-bond acceptors (Lipinski definition) is 5. The maximum Gasteiger partial charge on any atom is 0.327 e. The first kappa shape index (κ1) is 30.8. The van der Waals surface area contributed by atoms with E-state index < -0.39 is 8.60 Å². The number of amides is 1. The van der Waals surface area contributed by atoms with Gasteiger partial charge in [-0.15, -0.1) is 0 Å². The van der Waals surface area contributed by atoms with Crippen LogP contribution < -0.4 is 9.64 Å². The first-order valence-corrected chi connectivity index (χ1v) is 14.8. The van der Waals surface area contributed by atoms with Crippen LogP contribution in [0.1, 0.15) is 65.1 Å². The van der Waals surface area contributed by atoms with E-state index in [0.29, 0.717) is 23.8 Å². The SMILES string of the molecule is O=C(c1ccc(Oc2ccccc2)cc1)N(Cc1ccc(C2CCCCC2)cc1)c1ccc(COP(O)O)cc1.P. The smallest absolute Gasteiger partial charge is 0.327 e. The van der Waals surface area contributed by atoms with Gasteiger partial charge in [-0.2, -0.15) is 9.90 Å². The van der Waals surface area contributed by atoms with E-state index in [4.69, 9.17) is 19.0 Å². The van der Waals surface area contributed by atoms with E-state index in [0.717, 1.165) is 22.6 Å². The Labute approximate surface area is 246 Å². The molecule has 0 heterocycles. The third-order valence-electron chi connectivity index (χ3n) is 7.32. The number of rotatable bonds is 10. The molecule has 8 heteroatoms. The summed E-state index contributed by atoms with van der Waals surface area (Å²) in [5, 5.41) is 0. The Bertz CT molecular complexity index is 1360. The lowest BCUT2D eigenvalue weighted by molar-refractivity contribution is 0.0985. The van der Waals surface area contributed by atoms with E-state index in [1.165, 1.54) is 37.7 Å². The van der Waals surface area contributed by atoms with Crippen molar-refractivity contribution in [2.75, 3.05) is 4.90 Å². The van der Waals surface area contributed by atoms with Crippen LogP contribution in [0.5, 0.6) is 11.5 Å². The Morgan fingerprint density at radius 2 is 1.37 bits per heavy atom. The fraction of sp³-hybridized carbons (Fsp3) is 0.242. The van der Waals surface area contributed by atoms with Gasteiger partial charge in [0.1, 0.15) is 11.5 Å². The van der Waals surface area contributed by atoms with Crippen molar-refractivity contribution >= 4 is 30.1 Å². The van der Waals surface area contributed by atoms with E-state index in [1.807, 2.05) is 54.6 Å². The van der Waals surface area contributed by atoms with Gasteiger partial charge in [0.15, 0.2) is 0 Å². The van der Waals surface area contributed by atoms with Gasteiger partial charge in [0.05, 0.1) is 13.2 Å². The standard InChI is InChI=1S/C33H34NO5P.H3P/c35-33(29-17-21-32(22-18-29)39-31-9-5-2-6-10-31)34(30-19-13-26(14-20-30)24-38-40(36)37)23-25-11-15-28(16-12-25)27-7-3-1-4-8-27;/h2,5-6,9-22,27,36-37H,1,3-4,7-8,23-24H2;1H3. The Morgan fingerprint density at radius 1 is 0.756 bits per heavy atom. The number of benzene rings is 4. The molecule has 0 bridgehead atoms. The third-order valence-corrected chi connectivity index (χ3v) is 7.68. The zero-order valence-corrected chi connectivity index (χ0v) is 25.4. The van der Waals surface area contributed by atoms with Crippen molar-refractivity contribution in [1.82, 2.24) is 0 Å². The molecule has 0 spiro atoms. The topological polar surface area (TPSA) is 79.2 Å². The van der Waals surface area contributed by atoms with Crippen LogP contribution in [0, 0.1) is 0 Å². The minimum Gasteiger partial charge on any atom is -0.457 e. The summed E-state index contributed by atoms with van der Waals surface area (Å²) in [6.07, 6.45) is 6.42. The summed E-state index contributed by atoms with van der Waals surface area (Å²) in [5.74, 6) is 1.90. The van der Waals surface area contributed by atoms with E-state index in [-0.39, 0.29) is 22.4 Å². The molecule has 1 atom stereocenters. The Hall–Kier alpha value is -3.11. The van der Waals surface area contributed by atoms with Gasteiger partial charge in [0.25, 0.3) is 5.91 Å². The highest BCUT2D eigenvalue weighted by Crippen LogP contribution is 2.33. The fourth-order valence-corrected chi connectivity index (χ4v) is 5.41. The van der Waals surface area contributed by atoms with Gasteiger partial charge >= 0.3 is 8.60 Å². The molecule has 1 amide bonds. The summed E-state index contributed by atoms with van der Waals surface area (Å²) in [6.45, 7) is 0.499. The van der Waals surface area contributed by atoms with Crippen molar-refractivity contribution < 1.29 is 23.8 Å². The van der Waals surface area contributed by atoms with Crippen LogP contribution in [0.2, 0.25) is 0 Å². The van der Waals surface area contributed by atoms with Crippen LogP contribution in [0.15, 0.2) is 103 Å². The quantitative estimate of drug-likeness (QED) is 0.183. The Balaban J connectivity index is 0.00000387. The van der Waals surface area contributed by atoms with Crippen LogP contribution in [-0.4, -0.2) is 15.7 Å². The van der Waals surface area contributed by atoms with E-state index in [9.17, 15) is 4.79 Å². The van der Waals surface area contributed by atoms with Crippen molar-refractivity contribution in [2.45, 2.75) is 51.2 Å². The highest BCUT2D eigenvalue weighted by Gasteiger charge is 2.20. The lowest BCUT2D eigenvalue weighted by atomic mass is 9.84. The molecule has 0 aromatic heterocycles. The number of para-hydroxylation sites is 1. The minimum absolute atomic E-state index is 0. The zero-order chi connectivity index (χ0) is 27.7. The summed E-state index contributed by atoms with van der Waals surface area (Å²) in [4.78, 5) is 33.7. The summed E-state index contributed by atoms with van der Waals surface area (Å²) < 4.78 is 10.8. The zero-order valence-electron chi connectivity index (χ0n) is 23.1. The largest absolute Gasteiger partial charge is 0.457 e. The number of ether oxygens (including phenoxy) is 1. The molecule has 1 aliphatic carbocycles. The molecule has 6 nitrogen and oxygen atoms in total. The van der Waals surface area contributed by atoms with Gasteiger partial charge in [0.2, 0.25) is 0 Å². The molecular weight excluding hydrogens is 552 g/mol. The van der Waals surface area contributed by atoms with Gasteiger partial charge in [-0.25, -0.2) is 0 Å². The second-order valence-corrected chi connectivity index (χ2v) is 10.9.